The molecule has 1 amide bonds. The van der Waals surface area contributed by atoms with Crippen LogP contribution in [-0.4, -0.2) is 48.1 Å². The molecule has 1 saturated heterocycles. The first-order valence-corrected chi connectivity index (χ1v) is 8.49. The maximum absolute atomic E-state index is 12.5. The predicted molar refractivity (Wildman–Crippen MR) is 89.9 cm³/mol. The Labute approximate surface area is 141 Å². The maximum Gasteiger partial charge on any atom is 0.292 e. The van der Waals surface area contributed by atoms with Crippen LogP contribution in [0.5, 0.6) is 0 Å². The van der Waals surface area contributed by atoms with Gasteiger partial charge < -0.3 is 15.0 Å². The Morgan fingerprint density at radius 1 is 1.33 bits per heavy atom. The monoisotopic (exact) mass is 333 g/mol. The summed E-state index contributed by atoms with van der Waals surface area (Å²) >= 11 is 0. The van der Waals surface area contributed by atoms with Crippen LogP contribution in [0.3, 0.4) is 0 Å². The summed E-state index contributed by atoms with van der Waals surface area (Å²) < 4.78 is 5.40. The van der Waals surface area contributed by atoms with Crippen molar-refractivity contribution in [1.29, 1.82) is 0 Å². The van der Waals surface area contributed by atoms with E-state index in [4.69, 9.17) is 4.74 Å². The van der Waals surface area contributed by atoms with Crippen LogP contribution in [0.2, 0.25) is 0 Å². The molecular formula is C17H23N3O4. The summed E-state index contributed by atoms with van der Waals surface area (Å²) in [4.78, 5) is 25.1. The number of nitrogens with zero attached hydrogens (tertiary/aromatic N) is 2. The second-order valence-corrected chi connectivity index (χ2v) is 6.46. The zero-order valence-electron chi connectivity index (χ0n) is 13.6. The first-order chi connectivity index (χ1) is 11.6. The Kier molecular flexibility index (Phi) is 5.30. The minimum atomic E-state index is -0.416. The molecule has 1 unspecified atom stereocenters. The molecule has 7 heteroatoms. The van der Waals surface area contributed by atoms with Gasteiger partial charge in [-0.2, -0.15) is 0 Å². The number of carbonyl (C=O) groups is 1. The molecule has 0 aromatic heterocycles. The minimum absolute atomic E-state index is 0.0344. The summed E-state index contributed by atoms with van der Waals surface area (Å²) in [7, 11) is 0. The number of nitro groups is 1. The zero-order valence-corrected chi connectivity index (χ0v) is 13.6. The van der Waals surface area contributed by atoms with Gasteiger partial charge >= 0.3 is 0 Å². The fourth-order valence-corrected chi connectivity index (χ4v) is 3.08. The van der Waals surface area contributed by atoms with E-state index < -0.39 is 4.92 Å². The van der Waals surface area contributed by atoms with Crippen LogP contribution in [0.4, 0.5) is 11.4 Å². The van der Waals surface area contributed by atoms with Crippen molar-refractivity contribution in [3.8, 4) is 0 Å². The number of nitro benzene ring substituents is 1. The van der Waals surface area contributed by atoms with Crippen LogP contribution in [0.1, 0.15) is 25.7 Å². The van der Waals surface area contributed by atoms with Gasteiger partial charge in [-0.05, 0) is 25.3 Å². The second kappa shape index (κ2) is 7.61. The molecule has 0 spiro atoms. The highest BCUT2D eigenvalue weighted by Crippen LogP contribution is 2.29. The van der Waals surface area contributed by atoms with E-state index in [1.54, 1.807) is 18.2 Å². The van der Waals surface area contributed by atoms with Crippen LogP contribution in [0.15, 0.2) is 24.3 Å². The normalized spacial score (nSPS) is 19.9. The maximum atomic E-state index is 12.5. The van der Waals surface area contributed by atoms with Crippen molar-refractivity contribution < 1.29 is 14.5 Å². The quantitative estimate of drug-likeness (QED) is 0.583. The number of para-hydroxylation sites is 2. The van der Waals surface area contributed by atoms with Crippen molar-refractivity contribution in [3.63, 3.8) is 0 Å². The van der Waals surface area contributed by atoms with E-state index in [0.29, 0.717) is 30.6 Å². The van der Waals surface area contributed by atoms with Gasteiger partial charge in [-0.15, -0.1) is 0 Å². The van der Waals surface area contributed by atoms with E-state index in [1.807, 2.05) is 4.90 Å². The van der Waals surface area contributed by atoms with E-state index in [1.165, 1.54) is 6.07 Å². The number of ether oxygens (including phenoxy) is 1. The molecule has 1 aliphatic carbocycles. The highest BCUT2D eigenvalue weighted by molar-refractivity contribution is 5.77. The number of hydrogen-bond donors (Lipinski definition) is 1. The molecule has 1 N–H and O–H groups in total. The molecule has 3 rings (SSSR count). The third-order valence-corrected chi connectivity index (χ3v) is 4.54. The van der Waals surface area contributed by atoms with E-state index in [2.05, 4.69) is 5.32 Å². The molecule has 1 atom stereocenters. The average Bonchev–Trinajstić information content (AvgIpc) is 3.28. The molecule has 0 bridgehead atoms. The zero-order chi connectivity index (χ0) is 16.9. The number of hydrogen-bond acceptors (Lipinski definition) is 5. The molecule has 130 valence electrons. The largest absolute Gasteiger partial charge is 0.381 e. The van der Waals surface area contributed by atoms with Crippen molar-refractivity contribution in [3.05, 3.63) is 34.4 Å². The van der Waals surface area contributed by atoms with Gasteiger partial charge in [-0.3, -0.25) is 14.9 Å². The standard InChI is InChI=1S/C17H23N3O4/c21-17(19(14-5-6-14)11-13-8-10-24-12-13)7-9-18-15-3-1-2-4-16(15)20(22)23/h1-4,13-14,18H,5-12H2. The molecule has 1 saturated carbocycles. The highest BCUT2D eigenvalue weighted by atomic mass is 16.6. The van der Waals surface area contributed by atoms with Crippen LogP contribution >= 0.6 is 0 Å². The van der Waals surface area contributed by atoms with Gasteiger partial charge in [-0.25, -0.2) is 0 Å². The lowest BCUT2D eigenvalue weighted by Gasteiger charge is -2.25. The minimum Gasteiger partial charge on any atom is -0.381 e. The fraction of sp³-hybridized carbons (Fsp3) is 0.588. The van der Waals surface area contributed by atoms with Gasteiger partial charge in [0.05, 0.1) is 11.5 Å². The smallest absolute Gasteiger partial charge is 0.292 e. The summed E-state index contributed by atoms with van der Waals surface area (Å²) in [6, 6.07) is 6.88. The lowest BCUT2D eigenvalue weighted by molar-refractivity contribution is -0.384. The molecule has 1 heterocycles. The number of carbonyl (C=O) groups excluding carboxylic acids is 1. The fourth-order valence-electron chi connectivity index (χ4n) is 3.08. The molecule has 1 aliphatic heterocycles. The lowest BCUT2D eigenvalue weighted by Crippen LogP contribution is -2.38. The van der Waals surface area contributed by atoms with Gasteiger partial charge in [-0.1, -0.05) is 12.1 Å². The van der Waals surface area contributed by atoms with Crippen molar-refractivity contribution in [2.75, 3.05) is 31.6 Å². The first kappa shape index (κ1) is 16.7. The lowest BCUT2D eigenvalue weighted by atomic mass is 10.1. The molecule has 0 radical (unpaired) electrons. The summed E-state index contributed by atoms with van der Waals surface area (Å²) in [6.07, 6.45) is 3.52. The number of rotatable bonds is 8. The van der Waals surface area contributed by atoms with Crippen molar-refractivity contribution >= 4 is 17.3 Å². The summed E-state index contributed by atoms with van der Waals surface area (Å²) in [5.74, 6) is 0.563. The Hall–Kier alpha value is -2.15. The van der Waals surface area contributed by atoms with Crippen molar-refractivity contribution in [2.45, 2.75) is 31.7 Å². The molecule has 7 nitrogen and oxygen atoms in total. The average molecular weight is 333 g/mol. The first-order valence-electron chi connectivity index (χ1n) is 8.49. The molecule has 1 aromatic rings. The Bertz CT molecular complexity index is 597. The van der Waals surface area contributed by atoms with Gasteiger partial charge in [0.2, 0.25) is 5.91 Å². The number of amides is 1. The Morgan fingerprint density at radius 2 is 2.12 bits per heavy atom. The Balaban J connectivity index is 1.51. The molecule has 24 heavy (non-hydrogen) atoms. The highest BCUT2D eigenvalue weighted by Gasteiger charge is 2.34. The predicted octanol–water partition coefficient (Wildman–Crippen LogP) is 2.42. The third kappa shape index (κ3) is 4.23. The van der Waals surface area contributed by atoms with Crippen LogP contribution in [0.25, 0.3) is 0 Å². The molecule has 2 fully saturated rings. The molecule has 2 aliphatic rings. The van der Waals surface area contributed by atoms with Crippen molar-refractivity contribution in [1.82, 2.24) is 4.90 Å². The van der Waals surface area contributed by atoms with Crippen LogP contribution in [-0.2, 0) is 9.53 Å². The SMILES string of the molecule is O=C(CCNc1ccccc1[N+](=O)[O-])N(CC1CCOC1)C1CC1. The topological polar surface area (TPSA) is 84.7 Å². The van der Waals surface area contributed by atoms with E-state index >= 15 is 0 Å². The van der Waals surface area contributed by atoms with Gasteiger partial charge in [0.1, 0.15) is 5.69 Å². The summed E-state index contributed by atoms with van der Waals surface area (Å²) in [5.41, 5.74) is 0.490. The second-order valence-electron chi connectivity index (χ2n) is 6.46. The molecule has 1 aromatic carbocycles. The molecular weight excluding hydrogens is 310 g/mol. The Morgan fingerprint density at radius 3 is 2.79 bits per heavy atom. The number of nitrogens with one attached hydrogen (secondary N) is 1. The summed E-state index contributed by atoms with van der Waals surface area (Å²) in [6.45, 7) is 2.70. The van der Waals surface area contributed by atoms with E-state index in [-0.39, 0.29) is 11.6 Å². The summed E-state index contributed by atoms with van der Waals surface area (Å²) in [5, 5.41) is 14.0. The number of benzene rings is 1. The third-order valence-electron chi connectivity index (χ3n) is 4.54. The van der Waals surface area contributed by atoms with Crippen LogP contribution in [0, 0.1) is 16.0 Å². The van der Waals surface area contributed by atoms with E-state index in [0.717, 1.165) is 39.0 Å². The van der Waals surface area contributed by atoms with E-state index in [9.17, 15) is 14.9 Å². The van der Waals surface area contributed by atoms with Gasteiger partial charge in [0, 0.05) is 44.1 Å². The van der Waals surface area contributed by atoms with Gasteiger partial charge in [0.15, 0.2) is 0 Å². The van der Waals surface area contributed by atoms with Gasteiger partial charge in [0.25, 0.3) is 5.69 Å². The van der Waals surface area contributed by atoms with Crippen LogP contribution < -0.4 is 5.32 Å². The van der Waals surface area contributed by atoms with Crippen molar-refractivity contribution in [2.24, 2.45) is 5.92 Å². The number of anilines is 1.